The molecule has 110 valence electrons. The van der Waals surface area contributed by atoms with Gasteiger partial charge in [0.15, 0.2) is 0 Å². The van der Waals surface area contributed by atoms with Crippen molar-refractivity contribution >= 4 is 23.5 Å². The van der Waals surface area contributed by atoms with Crippen molar-refractivity contribution in [2.75, 3.05) is 24.7 Å². The van der Waals surface area contributed by atoms with E-state index in [0.717, 1.165) is 11.5 Å². The molecule has 0 aliphatic carbocycles. The van der Waals surface area contributed by atoms with E-state index in [2.05, 4.69) is 27.8 Å². The second kappa shape index (κ2) is 8.32. The van der Waals surface area contributed by atoms with E-state index in [1.165, 1.54) is 5.56 Å². The Labute approximate surface area is 129 Å². The quantitative estimate of drug-likeness (QED) is 0.772. The fourth-order valence-corrected chi connectivity index (χ4v) is 2.63. The van der Waals surface area contributed by atoms with E-state index in [4.69, 9.17) is 0 Å². The summed E-state index contributed by atoms with van der Waals surface area (Å²) in [5.41, 5.74) is 1.93. The summed E-state index contributed by atoms with van der Waals surface area (Å²) in [6.07, 6.45) is 1.63. The summed E-state index contributed by atoms with van der Waals surface area (Å²) >= 11 is 1.81. The third-order valence-electron chi connectivity index (χ3n) is 2.92. The Balaban J connectivity index is 1.69. The smallest absolute Gasteiger partial charge is 0.251 e. The minimum atomic E-state index is -0.0609. The first-order valence-corrected chi connectivity index (χ1v) is 7.99. The zero-order chi connectivity index (χ0) is 14.9. The molecule has 0 spiro atoms. The molecule has 0 fully saturated rings. The van der Waals surface area contributed by atoms with Crippen LogP contribution >= 0.6 is 11.8 Å². The van der Waals surface area contributed by atoms with Crippen molar-refractivity contribution in [2.24, 2.45) is 0 Å². The Kier molecular flexibility index (Phi) is 6.09. The molecule has 0 atom stereocenters. The molecule has 5 heteroatoms. The van der Waals surface area contributed by atoms with Crippen LogP contribution in [-0.2, 0) is 5.75 Å². The number of carbonyl (C=O) groups excluding carboxylic acids is 1. The molecule has 0 aliphatic heterocycles. The predicted octanol–water partition coefficient (Wildman–Crippen LogP) is 2.79. The lowest BCUT2D eigenvalue weighted by molar-refractivity contribution is 0.0956. The van der Waals surface area contributed by atoms with Gasteiger partial charge in [-0.25, -0.2) is 4.98 Å². The number of aromatic nitrogens is 1. The summed E-state index contributed by atoms with van der Waals surface area (Å²) < 4.78 is 0. The van der Waals surface area contributed by atoms with Gasteiger partial charge in [-0.15, -0.1) is 0 Å². The summed E-state index contributed by atoms with van der Waals surface area (Å²) in [6.45, 7) is 0.660. The number of nitrogens with one attached hydrogen (secondary N) is 2. The Bertz CT molecular complexity index is 575. The van der Waals surface area contributed by atoms with Crippen molar-refractivity contribution in [1.82, 2.24) is 10.3 Å². The molecule has 1 aromatic heterocycles. The highest BCUT2D eigenvalue weighted by molar-refractivity contribution is 7.98. The van der Waals surface area contributed by atoms with Crippen molar-refractivity contribution in [1.29, 1.82) is 0 Å². The maximum atomic E-state index is 12.0. The minimum absolute atomic E-state index is 0.0609. The second-order valence-electron chi connectivity index (χ2n) is 4.47. The number of carbonyl (C=O) groups is 1. The van der Waals surface area contributed by atoms with Gasteiger partial charge in [-0.2, -0.15) is 11.8 Å². The van der Waals surface area contributed by atoms with Gasteiger partial charge in [0.25, 0.3) is 5.91 Å². The molecular weight excluding hydrogens is 282 g/mol. The van der Waals surface area contributed by atoms with Gasteiger partial charge in [0.2, 0.25) is 0 Å². The van der Waals surface area contributed by atoms with Crippen LogP contribution in [0.25, 0.3) is 0 Å². The van der Waals surface area contributed by atoms with Crippen molar-refractivity contribution < 1.29 is 4.79 Å². The predicted molar refractivity (Wildman–Crippen MR) is 88.7 cm³/mol. The maximum Gasteiger partial charge on any atom is 0.251 e. The van der Waals surface area contributed by atoms with E-state index in [0.29, 0.717) is 17.9 Å². The summed E-state index contributed by atoms with van der Waals surface area (Å²) in [7, 11) is 1.78. The van der Waals surface area contributed by atoms with E-state index in [1.54, 1.807) is 25.4 Å². The molecule has 0 saturated carbocycles. The van der Waals surface area contributed by atoms with Crippen LogP contribution in [0, 0.1) is 0 Å². The van der Waals surface area contributed by atoms with Gasteiger partial charge in [-0.1, -0.05) is 30.3 Å². The number of hydrogen-bond acceptors (Lipinski definition) is 4. The summed E-state index contributed by atoms with van der Waals surface area (Å²) in [4.78, 5) is 16.1. The van der Waals surface area contributed by atoms with Gasteiger partial charge in [-0.3, -0.25) is 4.79 Å². The van der Waals surface area contributed by atoms with Gasteiger partial charge < -0.3 is 10.6 Å². The Morgan fingerprint density at radius 1 is 1.24 bits per heavy atom. The lowest BCUT2D eigenvalue weighted by atomic mass is 10.2. The van der Waals surface area contributed by atoms with Crippen LogP contribution in [-0.4, -0.2) is 30.2 Å². The van der Waals surface area contributed by atoms with E-state index < -0.39 is 0 Å². The fraction of sp³-hybridized carbons (Fsp3) is 0.250. The lowest BCUT2D eigenvalue weighted by Gasteiger charge is -2.06. The van der Waals surface area contributed by atoms with E-state index in [9.17, 15) is 4.79 Å². The first kappa shape index (κ1) is 15.4. The molecule has 0 bridgehead atoms. The minimum Gasteiger partial charge on any atom is -0.373 e. The van der Waals surface area contributed by atoms with Gasteiger partial charge >= 0.3 is 0 Å². The highest BCUT2D eigenvalue weighted by atomic mass is 32.2. The Morgan fingerprint density at radius 3 is 2.81 bits per heavy atom. The molecule has 2 rings (SSSR count). The van der Waals surface area contributed by atoms with Crippen LogP contribution in [0.5, 0.6) is 0 Å². The normalized spacial score (nSPS) is 10.1. The maximum absolute atomic E-state index is 12.0. The number of anilines is 1. The molecule has 2 aromatic rings. The first-order chi connectivity index (χ1) is 10.3. The molecule has 0 radical (unpaired) electrons. The zero-order valence-corrected chi connectivity index (χ0v) is 12.8. The monoisotopic (exact) mass is 301 g/mol. The molecule has 2 N–H and O–H groups in total. The van der Waals surface area contributed by atoms with E-state index in [1.807, 2.05) is 30.0 Å². The lowest BCUT2D eigenvalue weighted by Crippen LogP contribution is -2.25. The second-order valence-corrected chi connectivity index (χ2v) is 5.58. The molecule has 21 heavy (non-hydrogen) atoms. The van der Waals surface area contributed by atoms with Gasteiger partial charge in [-0.05, 0) is 17.7 Å². The van der Waals surface area contributed by atoms with Crippen LogP contribution in [0.2, 0.25) is 0 Å². The third-order valence-corrected chi connectivity index (χ3v) is 3.95. The van der Waals surface area contributed by atoms with E-state index >= 15 is 0 Å². The third kappa shape index (κ3) is 5.11. The molecule has 0 aliphatic rings. The van der Waals surface area contributed by atoms with Gasteiger partial charge in [0.1, 0.15) is 5.82 Å². The van der Waals surface area contributed by atoms with Crippen LogP contribution < -0.4 is 10.6 Å². The molecule has 0 saturated heterocycles. The molecule has 0 unspecified atom stereocenters. The number of pyridine rings is 1. The largest absolute Gasteiger partial charge is 0.373 e. The van der Waals surface area contributed by atoms with Crippen molar-refractivity contribution in [3.8, 4) is 0 Å². The highest BCUT2D eigenvalue weighted by Crippen LogP contribution is 2.11. The molecule has 1 aromatic carbocycles. The number of nitrogens with zero attached hydrogens (tertiary/aromatic N) is 1. The Hall–Kier alpha value is -2.01. The van der Waals surface area contributed by atoms with Crippen molar-refractivity contribution in [3.05, 3.63) is 59.8 Å². The number of amides is 1. The van der Waals surface area contributed by atoms with Crippen molar-refractivity contribution in [3.63, 3.8) is 0 Å². The van der Waals surface area contributed by atoms with Gasteiger partial charge in [0, 0.05) is 36.9 Å². The van der Waals surface area contributed by atoms with Gasteiger partial charge in [0.05, 0.1) is 0 Å². The Morgan fingerprint density at radius 2 is 2.05 bits per heavy atom. The summed E-state index contributed by atoms with van der Waals surface area (Å²) in [5.74, 6) is 2.50. The van der Waals surface area contributed by atoms with E-state index in [-0.39, 0.29) is 5.91 Å². The van der Waals surface area contributed by atoms with Crippen molar-refractivity contribution in [2.45, 2.75) is 5.75 Å². The topological polar surface area (TPSA) is 54.0 Å². The highest BCUT2D eigenvalue weighted by Gasteiger charge is 2.05. The molecule has 1 amide bonds. The SMILES string of the molecule is CNc1cc(C(=O)NCCSCc2ccccc2)ccn1. The number of rotatable bonds is 7. The first-order valence-electron chi connectivity index (χ1n) is 6.83. The summed E-state index contributed by atoms with van der Waals surface area (Å²) in [6, 6.07) is 13.8. The average Bonchev–Trinajstić information content (AvgIpc) is 2.55. The summed E-state index contributed by atoms with van der Waals surface area (Å²) in [5, 5.41) is 5.84. The molecular formula is C16H19N3OS. The van der Waals surface area contributed by atoms with Crippen LogP contribution in [0.15, 0.2) is 48.7 Å². The average molecular weight is 301 g/mol. The fourth-order valence-electron chi connectivity index (χ4n) is 1.81. The van der Waals surface area contributed by atoms with Crippen LogP contribution in [0.3, 0.4) is 0 Å². The number of hydrogen-bond donors (Lipinski definition) is 2. The molecule has 4 nitrogen and oxygen atoms in total. The number of benzene rings is 1. The molecule has 1 heterocycles. The van der Waals surface area contributed by atoms with Crippen LogP contribution in [0.1, 0.15) is 15.9 Å². The standard InChI is InChI=1S/C16H19N3OS/c1-17-15-11-14(7-8-18-15)16(20)19-9-10-21-12-13-5-3-2-4-6-13/h2-8,11H,9-10,12H2,1H3,(H,17,18)(H,19,20). The zero-order valence-electron chi connectivity index (χ0n) is 12.0. The van der Waals surface area contributed by atoms with Crippen LogP contribution in [0.4, 0.5) is 5.82 Å². The number of thioether (sulfide) groups is 1.